The minimum Gasteiger partial charge on any atom is -0.493 e. The fourth-order valence-corrected chi connectivity index (χ4v) is 5.22. The lowest BCUT2D eigenvalue weighted by Gasteiger charge is -2.28. The van der Waals surface area contributed by atoms with E-state index >= 15 is 0 Å². The van der Waals surface area contributed by atoms with E-state index in [2.05, 4.69) is 6.07 Å². The van der Waals surface area contributed by atoms with E-state index in [9.17, 15) is 26.0 Å². The Hall–Kier alpha value is -1.35. The molecule has 0 spiro atoms. The molecule has 0 aliphatic heterocycles. The molecule has 0 saturated heterocycles. The molecule has 4 nitrogen and oxygen atoms in total. The Bertz CT molecular complexity index is 845. The Morgan fingerprint density at radius 2 is 1.45 bits per heavy atom. The van der Waals surface area contributed by atoms with Crippen molar-refractivity contribution in [1.82, 2.24) is 0 Å². The summed E-state index contributed by atoms with van der Waals surface area (Å²) >= 11 is 0. The number of alkyl halides is 4. The minimum atomic E-state index is -6.24. The van der Waals surface area contributed by atoms with E-state index in [1.807, 2.05) is 12.1 Å². The van der Waals surface area contributed by atoms with Gasteiger partial charge >= 0.3 is 21.3 Å². The molecule has 0 atom stereocenters. The largest absolute Gasteiger partial charge is 0.493 e. The van der Waals surface area contributed by atoms with Crippen LogP contribution in [0.15, 0.2) is 18.2 Å². The number of hydrogen-bond acceptors (Lipinski definition) is 3. The van der Waals surface area contributed by atoms with Crippen LogP contribution >= 0.6 is 0 Å². The average molecular weight is 467 g/mol. The van der Waals surface area contributed by atoms with Crippen LogP contribution in [0.1, 0.15) is 93.6 Å². The van der Waals surface area contributed by atoms with Crippen LogP contribution in [0, 0.1) is 0 Å². The molecule has 2 saturated carbocycles. The van der Waals surface area contributed by atoms with Gasteiger partial charge in [0, 0.05) is 0 Å². The summed E-state index contributed by atoms with van der Waals surface area (Å²) in [6.45, 7) is -0.786. The van der Waals surface area contributed by atoms with Gasteiger partial charge in [-0.1, -0.05) is 50.7 Å². The normalized spacial score (nSPS) is 20.0. The molecule has 0 radical (unpaired) electrons. The lowest BCUT2D eigenvalue weighted by molar-refractivity contribution is -0.167. The minimum absolute atomic E-state index is 0.226. The van der Waals surface area contributed by atoms with Crippen LogP contribution in [-0.2, 0) is 10.1 Å². The van der Waals surface area contributed by atoms with Gasteiger partial charge in [0.05, 0.1) is 13.0 Å². The first-order chi connectivity index (χ1) is 14.5. The van der Waals surface area contributed by atoms with Gasteiger partial charge in [-0.3, -0.25) is 4.55 Å². The highest BCUT2D eigenvalue weighted by Gasteiger charge is 2.65. The van der Waals surface area contributed by atoms with Crippen LogP contribution in [0.4, 0.5) is 17.6 Å². The Morgan fingerprint density at radius 3 is 2.00 bits per heavy atom. The average Bonchev–Trinajstić information content (AvgIpc) is 2.74. The van der Waals surface area contributed by atoms with Gasteiger partial charge in [0.2, 0.25) is 0 Å². The van der Waals surface area contributed by atoms with E-state index in [1.165, 1.54) is 6.42 Å². The van der Waals surface area contributed by atoms with Gasteiger partial charge in [0.1, 0.15) is 5.75 Å². The molecule has 2 aliphatic rings. The Morgan fingerprint density at radius 1 is 0.903 bits per heavy atom. The van der Waals surface area contributed by atoms with Crippen molar-refractivity contribution in [3.05, 3.63) is 29.3 Å². The molecule has 31 heavy (non-hydrogen) atoms. The highest BCUT2D eigenvalue weighted by molar-refractivity contribution is 7.87. The van der Waals surface area contributed by atoms with Crippen molar-refractivity contribution in [1.29, 1.82) is 0 Å². The molecule has 0 amide bonds. The maximum Gasteiger partial charge on any atom is 0.431 e. The van der Waals surface area contributed by atoms with E-state index in [0.717, 1.165) is 68.9 Å². The van der Waals surface area contributed by atoms with Crippen molar-refractivity contribution in [2.45, 2.75) is 93.6 Å². The molecule has 1 N–H and O–H groups in total. The highest BCUT2D eigenvalue weighted by Crippen LogP contribution is 2.43. The van der Waals surface area contributed by atoms with Crippen LogP contribution in [0.5, 0.6) is 5.75 Å². The summed E-state index contributed by atoms with van der Waals surface area (Å²) < 4.78 is 90.1. The van der Waals surface area contributed by atoms with Crippen molar-refractivity contribution in [3.63, 3.8) is 0 Å². The molecule has 0 bridgehead atoms. The van der Waals surface area contributed by atoms with Crippen LogP contribution in [0.3, 0.4) is 0 Å². The first kappa shape index (κ1) is 24.3. The molecule has 0 aromatic heterocycles. The van der Waals surface area contributed by atoms with Crippen molar-refractivity contribution in [2.24, 2.45) is 0 Å². The van der Waals surface area contributed by atoms with Gasteiger partial charge in [-0.2, -0.15) is 26.0 Å². The van der Waals surface area contributed by atoms with Gasteiger partial charge < -0.3 is 4.74 Å². The number of halogens is 4. The van der Waals surface area contributed by atoms with Gasteiger partial charge in [0.25, 0.3) is 0 Å². The molecular weight excluding hydrogens is 436 g/mol. The summed E-state index contributed by atoms with van der Waals surface area (Å²) in [6, 6.07) is 5.88. The standard InChI is InChI=1S/C22H30F4O4S/c23-21(24,22(25,26)31(27,28)29)13-14-30-20-15-18(16-7-3-1-4-8-16)11-12-19(20)17-9-5-2-6-10-17/h11-12,15-17H,1-10,13-14H2,(H,27,28,29). The third-order valence-electron chi connectivity index (χ3n) is 6.58. The summed E-state index contributed by atoms with van der Waals surface area (Å²) in [6.07, 6.45) is 9.18. The maximum absolute atomic E-state index is 13.9. The smallest absolute Gasteiger partial charge is 0.431 e. The predicted octanol–water partition coefficient (Wildman–Crippen LogP) is 6.67. The number of ether oxygens (including phenoxy) is 1. The zero-order valence-corrected chi connectivity index (χ0v) is 18.3. The Kier molecular flexibility index (Phi) is 7.56. The van der Waals surface area contributed by atoms with Crippen molar-refractivity contribution in [2.75, 3.05) is 6.61 Å². The fourth-order valence-electron chi connectivity index (χ4n) is 4.74. The quantitative estimate of drug-likeness (QED) is 0.343. The van der Waals surface area contributed by atoms with E-state index in [4.69, 9.17) is 9.29 Å². The van der Waals surface area contributed by atoms with E-state index in [-0.39, 0.29) is 5.92 Å². The van der Waals surface area contributed by atoms with Crippen LogP contribution in [0.25, 0.3) is 0 Å². The summed E-state index contributed by atoms with van der Waals surface area (Å²) in [7, 11) is -6.24. The Balaban J connectivity index is 1.78. The number of hydrogen-bond donors (Lipinski definition) is 1. The Labute approximate surface area is 181 Å². The summed E-state index contributed by atoms with van der Waals surface area (Å²) in [5, 5.41) is -5.57. The fraction of sp³-hybridized carbons (Fsp3) is 0.727. The van der Waals surface area contributed by atoms with Crippen molar-refractivity contribution >= 4 is 10.1 Å². The lowest BCUT2D eigenvalue weighted by Crippen LogP contribution is -2.47. The second-order valence-corrected chi connectivity index (χ2v) is 10.2. The molecule has 3 rings (SSSR count). The topological polar surface area (TPSA) is 63.6 Å². The zero-order valence-electron chi connectivity index (χ0n) is 17.5. The van der Waals surface area contributed by atoms with Gasteiger partial charge in [0.15, 0.2) is 0 Å². The molecule has 2 fully saturated rings. The number of rotatable bonds is 8. The van der Waals surface area contributed by atoms with Gasteiger partial charge in [-0.15, -0.1) is 0 Å². The van der Waals surface area contributed by atoms with Crippen molar-refractivity contribution < 1.29 is 35.3 Å². The third-order valence-corrected chi connectivity index (χ3v) is 7.53. The second kappa shape index (κ2) is 9.65. The molecule has 176 valence electrons. The number of benzene rings is 1. The third kappa shape index (κ3) is 5.53. The van der Waals surface area contributed by atoms with Crippen molar-refractivity contribution in [3.8, 4) is 5.75 Å². The maximum atomic E-state index is 13.9. The molecule has 9 heteroatoms. The van der Waals surface area contributed by atoms with Gasteiger partial charge in [-0.05, 0) is 54.7 Å². The SMILES string of the molecule is O=S(=O)(O)C(F)(F)C(F)(F)CCOc1cc(C2CCCCC2)ccc1C1CCCCC1. The van der Waals surface area contributed by atoms with Gasteiger partial charge in [-0.25, -0.2) is 0 Å². The molecule has 2 aliphatic carbocycles. The van der Waals surface area contributed by atoms with E-state index < -0.39 is 34.3 Å². The predicted molar refractivity (Wildman–Crippen MR) is 110 cm³/mol. The molecule has 1 aromatic carbocycles. The summed E-state index contributed by atoms with van der Waals surface area (Å²) in [4.78, 5) is 0. The van der Waals surface area contributed by atoms with E-state index in [1.54, 1.807) is 0 Å². The lowest BCUT2D eigenvalue weighted by atomic mass is 9.80. The van der Waals surface area contributed by atoms with E-state index in [0.29, 0.717) is 11.7 Å². The first-order valence-electron chi connectivity index (χ1n) is 11.0. The van der Waals surface area contributed by atoms with Crippen LogP contribution in [0.2, 0.25) is 0 Å². The molecular formula is C22H30F4O4S. The summed E-state index contributed by atoms with van der Waals surface area (Å²) in [5.74, 6) is -3.95. The monoisotopic (exact) mass is 466 g/mol. The molecule has 1 aromatic rings. The zero-order chi connectivity index (χ0) is 22.7. The van der Waals surface area contributed by atoms with Crippen LogP contribution in [-0.4, -0.2) is 30.8 Å². The second-order valence-electron chi connectivity index (χ2n) is 8.76. The van der Waals surface area contributed by atoms with Crippen LogP contribution < -0.4 is 4.74 Å². The molecule has 0 unspecified atom stereocenters. The summed E-state index contributed by atoms with van der Waals surface area (Å²) in [5.41, 5.74) is 1.95. The highest BCUT2D eigenvalue weighted by atomic mass is 32.2. The first-order valence-corrected chi connectivity index (χ1v) is 12.5. The molecule has 0 heterocycles.